The molecule has 40 heavy (non-hydrogen) atoms. The Bertz CT molecular complexity index is 1360. The van der Waals surface area contributed by atoms with E-state index in [0.29, 0.717) is 24.5 Å². The van der Waals surface area contributed by atoms with Gasteiger partial charge in [0.1, 0.15) is 18.3 Å². The molecular weight excluding hydrogens is 526 g/mol. The first-order chi connectivity index (χ1) is 18.9. The van der Waals surface area contributed by atoms with Crippen LogP contribution in [0.15, 0.2) is 89.8 Å². The molecule has 0 heterocycles. The SMILES string of the molecule is CCOc1ccc(S(=O)(=O)N(CC(=O)N(CCc2ccccc2)[C@H](C)C(=O)NC(C)(C)C)c2ccccc2)cc1. The predicted molar refractivity (Wildman–Crippen MR) is 158 cm³/mol. The van der Waals surface area contributed by atoms with Crippen molar-refractivity contribution in [2.75, 3.05) is 24.0 Å². The molecule has 3 aromatic carbocycles. The Kier molecular flexibility index (Phi) is 10.3. The quantitative estimate of drug-likeness (QED) is 0.345. The van der Waals surface area contributed by atoms with Crippen molar-refractivity contribution in [3.63, 3.8) is 0 Å². The number of ether oxygens (including phenoxy) is 1. The number of rotatable bonds is 12. The molecule has 0 spiro atoms. The van der Waals surface area contributed by atoms with Crippen LogP contribution in [0.5, 0.6) is 5.75 Å². The molecule has 8 nitrogen and oxygen atoms in total. The summed E-state index contributed by atoms with van der Waals surface area (Å²) >= 11 is 0. The van der Waals surface area contributed by atoms with Gasteiger partial charge in [0.15, 0.2) is 0 Å². The molecule has 3 rings (SSSR count). The van der Waals surface area contributed by atoms with E-state index in [4.69, 9.17) is 4.74 Å². The van der Waals surface area contributed by atoms with Crippen LogP contribution in [0.4, 0.5) is 5.69 Å². The molecular formula is C31H39N3O5S. The molecule has 0 bridgehead atoms. The van der Waals surface area contributed by atoms with E-state index in [1.807, 2.05) is 58.0 Å². The van der Waals surface area contributed by atoms with Gasteiger partial charge in [-0.1, -0.05) is 48.5 Å². The number of sulfonamides is 1. The first-order valence-corrected chi connectivity index (χ1v) is 14.8. The molecule has 2 amide bonds. The fourth-order valence-electron chi connectivity index (χ4n) is 4.17. The third kappa shape index (κ3) is 8.32. The van der Waals surface area contributed by atoms with Crippen LogP contribution in [-0.4, -0.2) is 56.4 Å². The Morgan fingerprint density at radius 1 is 0.900 bits per heavy atom. The molecule has 1 atom stereocenters. The second kappa shape index (κ2) is 13.5. The first kappa shape index (κ1) is 30.7. The minimum absolute atomic E-state index is 0.0296. The number of anilines is 1. The van der Waals surface area contributed by atoms with Gasteiger partial charge in [-0.15, -0.1) is 0 Å². The summed E-state index contributed by atoms with van der Waals surface area (Å²) < 4.78 is 34.3. The van der Waals surface area contributed by atoms with E-state index in [1.165, 1.54) is 17.0 Å². The summed E-state index contributed by atoms with van der Waals surface area (Å²) in [6.07, 6.45) is 0.511. The Balaban J connectivity index is 1.95. The van der Waals surface area contributed by atoms with Crippen LogP contribution in [0.2, 0.25) is 0 Å². The van der Waals surface area contributed by atoms with Gasteiger partial charge < -0.3 is 15.0 Å². The molecule has 0 saturated heterocycles. The molecule has 0 unspecified atom stereocenters. The van der Waals surface area contributed by atoms with Crippen molar-refractivity contribution in [3.05, 3.63) is 90.5 Å². The molecule has 0 fully saturated rings. The third-order valence-electron chi connectivity index (χ3n) is 6.20. The maximum atomic E-state index is 13.9. The lowest BCUT2D eigenvalue weighted by molar-refractivity contribution is -0.139. The number of carbonyl (C=O) groups excluding carboxylic acids is 2. The normalized spacial score (nSPS) is 12.3. The lowest BCUT2D eigenvalue weighted by Gasteiger charge is -2.33. The van der Waals surface area contributed by atoms with Crippen molar-refractivity contribution in [2.45, 2.75) is 57.5 Å². The zero-order valence-corrected chi connectivity index (χ0v) is 24.6. The smallest absolute Gasteiger partial charge is 0.264 e. The summed E-state index contributed by atoms with van der Waals surface area (Å²) in [5, 5.41) is 2.93. The Morgan fingerprint density at radius 3 is 2.02 bits per heavy atom. The van der Waals surface area contributed by atoms with Crippen molar-refractivity contribution >= 4 is 27.5 Å². The average Bonchev–Trinajstić information content (AvgIpc) is 2.92. The number of nitrogens with one attached hydrogen (secondary N) is 1. The Labute approximate surface area is 238 Å². The summed E-state index contributed by atoms with van der Waals surface area (Å²) in [6, 6.07) is 23.4. The third-order valence-corrected chi connectivity index (χ3v) is 7.98. The standard InChI is InChI=1S/C31H39N3O5S/c1-6-39-27-17-19-28(20-18-27)40(37,38)34(26-15-11-8-12-16-26)23-29(35)33(22-21-25-13-9-7-10-14-25)24(2)30(36)32-31(3,4)5/h7-20,24H,6,21-23H2,1-5H3,(H,32,36)/t24-/m1/s1. The molecule has 0 saturated carbocycles. The van der Waals surface area contributed by atoms with Crippen LogP contribution >= 0.6 is 0 Å². The molecule has 0 aliphatic carbocycles. The van der Waals surface area contributed by atoms with Gasteiger partial charge >= 0.3 is 0 Å². The number of hydrogen-bond donors (Lipinski definition) is 1. The second-order valence-electron chi connectivity index (χ2n) is 10.5. The zero-order valence-electron chi connectivity index (χ0n) is 23.8. The van der Waals surface area contributed by atoms with Crippen molar-refractivity contribution < 1.29 is 22.7 Å². The van der Waals surface area contributed by atoms with Crippen LogP contribution in [0, 0.1) is 0 Å². The van der Waals surface area contributed by atoms with E-state index < -0.39 is 34.1 Å². The minimum Gasteiger partial charge on any atom is -0.494 e. The van der Waals surface area contributed by atoms with E-state index in [-0.39, 0.29) is 17.3 Å². The molecule has 3 aromatic rings. The molecule has 9 heteroatoms. The Hall–Kier alpha value is -3.85. The summed E-state index contributed by atoms with van der Waals surface area (Å²) in [6.45, 7) is 9.35. The van der Waals surface area contributed by atoms with Gasteiger partial charge in [-0.2, -0.15) is 0 Å². The highest BCUT2D eigenvalue weighted by Crippen LogP contribution is 2.25. The zero-order chi connectivity index (χ0) is 29.3. The second-order valence-corrected chi connectivity index (χ2v) is 12.4. The van der Waals surface area contributed by atoms with E-state index >= 15 is 0 Å². The highest BCUT2D eigenvalue weighted by atomic mass is 32.2. The highest BCUT2D eigenvalue weighted by Gasteiger charge is 2.33. The van der Waals surface area contributed by atoms with Crippen LogP contribution in [0.1, 0.15) is 40.2 Å². The lowest BCUT2D eigenvalue weighted by atomic mass is 10.1. The van der Waals surface area contributed by atoms with Crippen LogP contribution in [0.3, 0.4) is 0 Å². The van der Waals surface area contributed by atoms with Crippen molar-refractivity contribution in [1.82, 2.24) is 10.2 Å². The number of carbonyl (C=O) groups is 2. The van der Waals surface area contributed by atoms with Gasteiger partial charge in [-0.3, -0.25) is 13.9 Å². The van der Waals surface area contributed by atoms with E-state index in [2.05, 4.69) is 5.32 Å². The monoisotopic (exact) mass is 565 g/mol. The van der Waals surface area contributed by atoms with Gasteiger partial charge in [0.2, 0.25) is 11.8 Å². The lowest BCUT2D eigenvalue weighted by Crippen LogP contribution is -2.55. The van der Waals surface area contributed by atoms with Crippen LogP contribution < -0.4 is 14.4 Å². The molecule has 0 aliphatic rings. The summed E-state index contributed by atoms with van der Waals surface area (Å²) in [5.41, 5.74) is 0.859. The fourth-order valence-corrected chi connectivity index (χ4v) is 5.58. The van der Waals surface area contributed by atoms with Gasteiger partial charge in [0, 0.05) is 12.1 Å². The van der Waals surface area contributed by atoms with Crippen molar-refractivity contribution in [3.8, 4) is 5.75 Å². The first-order valence-electron chi connectivity index (χ1n) is 13.4. The van der Waals surface area contributed by atoms with Gasteiger partial charge in [-0.05, 0) is 83.0 Å². The van der Waals surface area contributed by atoms with Gasteiger partial charge in [0.05, 0.1) is 17.2 Å². The predicted octanol–water partition coefficient (Wildman–Crippen LogP) is 4.66. The van der Waals surface area contributed by atoms with Gasteiger partial charge in [0.25, 0.3) is 10.0 Å². The molecule has 1 N–H and O–H groups in total. The van der Waals surface area contributed by atoms with E-state index in [0.717, 1.165) is 9.87 Å². The van der Waals surface area contributed by atoms with E-state index in [9.17, 15) is 18.0 Å². The maximum Gasteiger partial charge on any atom is 0.264 e. The number of amides is 2. The maximum absolute atomic E-state index is 13.9. The fraction of sp³-hybridized carbons (Fsp3) is 0.355. The topological polar surface area (TPSA) is 96.0 Å². The molecule has 0 aromatic heterocycles. The summed E-state index contributed by atoms with van der Waals surface area (Å²) in [7, 11) is -4.13. The Morgan fingerprint density at radius 2 is 1.48 bits per heavy atom. The molecule has 214 valence electrons. The number of para-hydroxylation sites is 1. The highest BCUT2D eigenvalue weighted by molar-refractivity contribution is 7.92. The van der Waals surface area contributed by atoms with Gasteiger partial charge in [-0.25, -0.2) is 8.42 Å². The number of nitrogens with zero attached hydrogens (tertiary/aromatic N) is 2. The minimum atomic E-state index is -4.13. The van der Waals surface area contributed by atoms with Crippen LogP contribution in [-0.2, 0) is 26.0 Å². The summed E-state index contributed by atoms with van der Waals surface area (Å²) in [4.78, 5) is 28.5. The van der Waals surface area contributed by atoms with Crippen LogP contribution in [0.25, 0.3) is 0 Å². The van der Waals surface area contributed by atoms with Crippen molar-refractivity contribution in [2.24, 2.45) is 0 Å². The average molecular weight is 566 g/mol. The molecule has 0 aliphatic heterocycles. The number of hydrogen-bond acceptors (Lipinski definition) is 5. The number of benzene rings is 3. The molecule has 0 radical (unpaired) electrons. The van der Waals surface area contributed by atoms with Crippen molar-refractivity contribution in [1.29, 1.82) is 0 Å². The summed E-state index contributed by atoms with van der Waals surface area (Å²) in [5.74, 6) is -0.241. The largest absolute Gasteiger partial charge is 0.494 e. The van der Waals surface area contributed by atoms with E-state index in [1.54, 1.807) is 49.4 Å².